The van der Waals surface area contributed by atoms with Gasteiger partial charge in [-0.3, -0.25) is 0 Å². The Kier molecular flexibility index (Phi) is 6.87. The summed E-state index contributed by atoms with van der Waals surface area (Å²) < 4.78 is 10.5. The van der Waals surface area contributed by atoms with Crippen LogP contribution in [0.25, 0.3) is 0 Å². The Hall–Kier alpha value is -0.500. The fourth-order valence-corrected chi connectivity index (χ4v) is 0.904. The van der Waals surface area contributed by atoms with E-state index in [-0.39, 0.29) is 0 Å². The molecule has 0 saturated heterocycles. The maximum absolute atomic E-state index is 5.34. The van der Waals surface area contributed by atoms with Crippen LogP contribution in [0.4, 0.5) is 0 Å². The summed E-state index contributed by atoms with van der Waals surface area (Å²) in [5.41, 5.74) is 0. The van der Waals surface area contributed by atoms with E-state index in [1.165, 1.54) is 0 Å². The fourth-order valence-electron chi connectivity index (χ4n) is 0.904. The Morgan fingerprint density at radius 3 is 2.50 bits per heavy atom. The third kappa shape index (κ3) is 7.61. The second-order valence-corrected chi connectivity index (χ2v) is 3.18. The topological polar surface area (TPSA) is 18.5 Å². The van der Waals surface area contributed by atoms with Crippen LogP contribution >= 0.6 is 0 Å². The molecule has 12 heavy (non-hydrogen) atoms. The minimum atomic E-state index is 0.615. The predicted octanol–water partition coefficient (Wildman–Crippen LogP) is 2.60. The zero-order chi connectivity index (χ0) is 9.40. The van der Waals surface area contributed by atoms with E-state index >= 15 is 0 Å². The van der Waals surface area contributed by atoms with Gasteiger partial charge in [0.15, 0.2) is 0 Å². The minimum absolute atomic E-state index is 0.615. The number of allylic oxidation sites excluding steroid dienone is 1. The molecular weight excluding hydrogens is 152 g/mol. The van der Waals surface area contributed by atoms with Gasteiger partial charge in [-0.05, 0) is 12.8 Å². The van der Waals surface area contributed by atoms with Gasteiger partial charge in [-0.2, -0.15) is 0 Å². The molecule has 0 aromatic rings. The summed E-state index contributed by atoms with van der Waals surface area (Å²) >= 11 is 0. The third-order valence-electron chi connectivity index (χ3n) is 1.37. The van der Waals surface area contributed by atoms with Crippen LogP contribution in [0.1, 0.15) is 27.2 Å². The Morgan fingerprint density at radius 2 is 2.00 bits per heavy atom. The normalized spacial score (nSPS) is 10.3. The molecule has 0 unspecified atom stereocenters. The lowest BCUT2D eigenvalue weighted by Gasteiger charge is -2.10. The highest BCUT2D eigenvalue weighted by Crippen LogP contribution is 2.08. The quantitative estimate of drug-likeness (QED) is 0.434. The molecule has 72 valence electrons. The van der Waals surface area contributed by atoms with Crippen molar-refractivity contribution in [3.63, 3.8) is 0 Å². The van der Waals surface area contributed by atoms with E-state index in [1.54, 1.807) is 0 Å². The van der Waals surface area contributed by atoms with Gasteiger partial charge in [0, 0.05) is 13.0 Å². The van der Waals surface area contributed by atoms with E-state index in [0.29, 0.717) is 19.1 Å². The molecule has 0 aromatic heterocycles. The lowest BCUT2D eigenvalue weighted by molar-refractivity contribution is 0.0794. The van der Waals surface area contributed by atoms with Crippen molar-refractivity contribution in [2.45, 2.75) is 27.2 Å². The molecule has 0 spiro atoms. The maximum atomic E-state index is 5.34. The van der Waals surface area contributed by atoms with Crippen molar-refractivity contribution in [2.75, 3.05) is 19.8 Å². The van der Waals surface area contributed by atoms with Gasteiger partial charge in [-0.1, -0.05) is 20.4 Å². The van der Waals surface area contributed by atoms with Crippen LogP contribution < -0.4 is 0 Å². The van der Waals surface area contributed by atoms with Crippen LogP contribution in [-0.4, -0.2) is 19.8 Å². The summed E-state index contributed by atoms with van der Waals surface area (Å²) in [6.45, 7) is 12.1. The van der Waals surface area contributed by atoms with Crippen molar-refractivity contribution in [2.24, 2.45) is 5.92 Å². The van der Waals surface area contributed by atoms with Crippen molar-refractivity contribution in [1.29, 1.82) is 0 Å². The Balaban J connectivity index is 3.20. The average Bonchev–Trinajstić information content (AvgIpc) is 1.97. The first-order chi connectivity index (χ1) is 5.66. The van der Waals surface area contributed by atoms with Crippen molar-refractivity contribution in [1.82, 2.24) is 0 Å². The number of hydrogen-bond donors (Lipinski definition) is 0. The van der Waals surface area contributed by atoms with Gasteiger partial charge in [-0.15, -0.1) is 0 Å². The second kappa shape index (κ2) is 7.17. The molecular formula is C10H20O2. The van der Waals surface area contributed by atoms with Crippen molar-refractivity contribution >= 4 is 0 Å². The van der Waals surface area contributed by atoms with Crippen LogP contribution in [0.2, 0.25) is 0 Å². The Morgan fingerprint density at radius 1 is 1.33 bits per heavy atom. The summed E-state index contributed by atoms with van der Waals surface area (Å²) in [7, 11) is 0. The highest BCUT2D eigenvalue weighted by atomic mass is 16.5. The lowest BCUT2D eigenvalue weighted by Crippen LogP contribution is -2.04. The summed E-state index contributed by atoms with van der Waals surface area (Å²) in [5, 5.41) is 0. The molecule has 0 rings (SSSR count). The maximum Gasteiger partial charge on any atom is 0.111 e. The van der Waals surface area contributed by atoms with Crippen LogP contribution in [0.3, 0.4) is 0 Å². The van der Waals surface area contributed by atoms with E-state index in [1.807, 2.05) is 6.92 Å². The second-order valence-electron chi connectivity index (χ2n) is 3.18. The van der Waals surface area contributed by atoms with E-state index in [9.17, 15) is 0 Å². The van der Waals surface area contributed by atoms with Gasteiger partial charge in [-0.25, -0.2) is 0 Å². The van der Waals surface area contributed by atoms with Crippen molar-refractivity contribution in [3.05, 3.63) is 12.3 Å². The zero-order valence-corrected chi connectivity index (χ0v) is 8.43. The number of ether oxygens (including phenoxy) is 2. The Bertz CT molecular complexity index is 119. The van der Waals surface area contributed by atoms with Crippen LogP contribution in [-0.2, 0) is 9.47 Å². The first kappa shape index (κ1) is 11.5. The van der Waals surface area contributed by atoms with Gasteiger partial charge in [0.05, 0.1) is 12.4 Å². The Labute approximate surface area is 75.6 Å². The third-order valence-corrected chi connectivity index (χ3v) is 1.37. The van der Waals surface area contributed by atoms with Crippen molar-refractivity contribution in [3.8, 4) is 0 Å². The monoisotopic (exact) mass is 172 g/mol. The van der Waals surface area contributed by atoms with Gasteiger partial charge >= 0.3 is 0 Å². The number of hydrogen-bond acceptors (Lipinski definition) is 2. The molecule has 0 aliphatic carbocycles. The molecule has 0 aromatic carbocycles. The van der Waals surface area contributed by atoms with Gasteiger partial charge in [0.2, 0.25) is 0 Å². The fraction of sp³-hybridized carbons (Fsp3) is 0.800. The molecule has 0 heterocycles. The molecule has 0 aliphatic heterocycles. The smallest absolute Gasteiger partial charge is 0.111 e. The molecule has 0 bridgehead atoms. The molecule has 0 saturated carbocycles. The largest absolute Gasteiger partial charge is 0.496 e. The average molecular weight is 172 g/mol. The van der Waals surface area contributed by atoms with E-state index < -0.39 is 0 Å². The minimum Gasteiger partial charge on any atom is -0.496 e. The van der Waals surface area contributed by atoms with E-state index in [0.717, 1.165) is 18.8 Å². The first-order valence-electron chi connectivity index (χ1n) is 4.55. The van der Waals surface area contributed by atoms with Crippen LogP contribution in [0.5, 0.6) is 0 Å². The van der Waals surface area contributed by atoms with E-state index in [2.05, 4.69) is 20.4 Å². The SMILES string of the molecule is C=C(CC(C)C)OCCOCC. The number of rotatable bonds is 7. The molecule has 0 atom stereocenters. The standard InChI is InChI=1S/C10H20O2/c1-5-11-6-7-12-10(4)8-9(2)3/h9H,4-8H2,1-3H3. The molecule has 0 N–H and O–H groups in total. The lowest BCUT2D eigenvalue weighted by atomic mass is 10.1. The van der Waals surface area contributed by atoms with E-state index in [4.69, 9.17) is 9.47 Å². The van der Waals surface area contributed by atoms with Crippen molar-refractivity contribution < 1.29 is 9.47 Å². The molecule has 2 heteroatoms. The van der Waals surface area contributed by atoms with Crippen LogP contribution in [0.15, 0.2) is 12.3 Å². The highest BCUT2D eigenvalue weighted by Gasteiger charge is 1.98. The molecule has 2 nitrogen and oxygen atoms in total. The molecule has 0 amide bonds. The molecule has 0 aliphatic rings. The van der Waals surface area contributed by atoms with Gasteiger partial charge in [0.25, 0.3) is 0 Å². The van der Waals surface area contributed by atoms with Gasteiger partial charge < -0.3 is 9.47 Å². The van der Waals surface area contributed by atoms with Gasteiger partial charge in [0.1, 0.15) is 6.61 Å². The summed E-state index contributed by atoms with van der Waals surface area (Å²) in [6.07, 6.45) is 0.937. The highest BCUT2D eigenvalue weighted by molar-refractivity contribution is 4.83. The predicted molar refractivity (Wildman–Crippen MR) is 51.0 cm³/mol. The summed E-state index contributed by atoms with van der Waals surface area (Å²) in [5.74, 6) is 1.48. The zero-order valence-electron chi connectivity index (χ0n) is 8.43. The summed E-state index contributed by atoms with van der Waals surface area (Å²) in [4.78, 5) is 0. The first-order valence-corrected chi connectivity index (χ1v) is 4.55. The van der Waals surface area contributed by atoms with Crippen LogP contribution in [0, 0.1) is 5.92 Å². The molecule has 0 radical (unpaired) electrons. The molecule has 0 fully saturated rings. The summed E-state index contributed by atoms with van der Waals surface area (Å²) in [6, 6.07) is 0.